The number of methoxy groups -OCH3 is 1. The van der Waals surface area contributed by atoms with Crippen molar-refractivity contribution < 1.29 is 22.3 Å². The fourth-order valence-corrected chi connectivity index (χ4v) is 5.20. The summed E-state index contributed by atoms with van der Waals surface area (Å²) in [5, 5.41) is 5.50. The van der Waals surface area contributed by atoms with Crippen LogP contribution in [-0.2, 0) is 16.6 Å². The topological polar surface area (TPSA) is 114 Å². The SMILES string of the molecule is COc1ccc2c(c1)NC(=S)N(Cc1ccc(C(=O)Nc3cc(F)ccc3N)cc1)S2(=O)=O. The highest BCUT2D eigenvalue weighted by molar-refractivity contribution is 7.92. The number of rotatable bonds is 5. The molecular formula is C22H19FN4O4S2. The Morgan fingerprint density at radius 2 is 1.88 bits per heavy atom. The quantitative estimate of drug-likeness (QED) is 0.373. The van der Waals surface area contributed by atoms with Crippen LogP contribution in [0.15, 0.2) is 65.6 Å². The first-order chi connectivity index (χ1) is 15.7. The molecule has 11 heteroatoms. The molecule has 1 amide bonds. The Balaban J connectivity index is 1.52. The van der Waals surface area contributed by atoms with Gasteiger partial charge in [0.05, 0.1) is 30.7 Å². The first kappa shape index (κ1) is 22.5. The van der Waals surface area contributed by atoms with Crippen LogP contribution < -0.4 is 21.1 Å². The van der Waals surface area contributed by atoms with Crippen molar-refractivity contribution in [3.8, 4) is 5.75 Å². The fourth-order valence-electron chi connectivity index (χ4n) is 3.28. The van der Waals surface area contributed by atoms with Gasteiger partial charge in [-0.2, -0.15) is 0 Å². The van der Waals surface area contributed by atoms with Crippen LogP contribution in [0, 0.1) is 5.82 Å². The van der Waals surface area contributed by atoms with E-state index in [0.29, 0.717) is 22.6 Å². The minimum absolute atomic E-state index is 0.0270. The van der Waals surface area contributed by atoms with E-state index in [4.69, 9.17) is 22.7 Å². The molecule has 1 aliphatic rings. The van der Waals surface area contributed by atoms with Gasteiger partial charge in [0.2, 0.25) is 0 Å². The van der Waals surface area contributed by atoms with Crippen LogP contribution in [0.1, 0.15) is 15.9 Å². The third kappa shape index (κ3) is 4.45. The highest BCUT2D eigenvalue weighted by Crippen LogP contribution is 2.34. The lowest BCUT2D eigenvalue weighted by Crippen LogP contribution is -2.43. The maximum absolute atomic E-state index is 13.4. The summed E-state index contributed by atoms with van der Waals surface area (Å²) < 4.78 is 45.9. The smallest absolute Gasteiger partial charge is 0.268 e. The van der Waals surface area contributed by atoms with Crippen molar-refractivity contribution in [3.63, 3.8) is 0 Å². The van der Waals surface area contributed by atoms with Gasteiger partial charge in [-0.1, -0.05) is 12.1 Å². The third-order valence-electron chi connectivity index (χ3n) is 5.03. The van der Waals surface area contributed by atoms with Gasteiger partial charge in [-0.05, 0) is 60.2 Å². The number of thiocarbonyl (C=S) groups is 1. The molecule has 0 radical (unpaired) electrons. The number of amides is 1. The lowest BCUT2D eigenvalue weighted by Gasteiger charge is -2.31. The first-order valence-corrected chi connectivity index (χ1v) is 11.5. The van der Waals surface area contributed by atoms with Gasteiger partial charge in [-0.25, -0.2) is 17.1 Å². The molecule has 0 bridgehead atoms. The first-order valence-electron chi connectivity index (χ1n) is 9.66. The third-order valence-corrected chi connectivity index (χ3v) is 7.27. The molecule has 0 saturated heterocycles. The molecule has 1 aliphatic heterocycles. The summed E-state index contributed by atoms with van der Waals surface area (Å²) in [6, 6.07) is 14.6. The monoisotopic (exact) mass is 486 g/mol. The number of ether oxygens (including phenoxy) is 1. The van der Waals surface area contributed by atoms with Crippen molar-refractivity contribution >= 4 is 50.3 Å². The van der Waals surface area contributed by atoms with Gasteiger partial charge in [0.25, 0.3) is 15.9 Å². The number of fused-ring (bicyclic) bond motifs is 1. The zero-order chi connectivity index (χ0) is 23.8. The Labute approximate surface area is 195 Å². The van der Waals surface area contributed by atoms with E-state index in [1.54, 1.807) is 24.3 Å². The molecule has 0 spiro atoms. The number of nitrogen functional groups attached to an aromatic ring is 1. The molecule has 0 atom stereocenters. The summed E-state index contributed by atoms with van der Waals surface area (Å²) in [4.78, 5) is 12.6. The number of nitrogens with two attached hydrogens (primary N) is 1. The number of nitrogens with zero attached hydrogens (tertiary/aromatic N) is 1. The summed E-state index contributed by atoms with van der Waals surface area (Å²) in [5.74, 6) is -0.506. The van der Waals surface area contributed by atoms with E-state index >= 15 is 0 Å². The van der Waals surface area contributed by atoms with Crippen LogP contribution in [0.2, 0.25) is 0 Å². The second-order valence-electron chi connectivity index (χ2n) is 7.19. The van der Waals surface area contributed by atoms with E-state index in [-0.39, 0.29) is 27.9 Å². The normalized spacial score (nSPS) is 14.2. The van der Waals surface area contributed by atoms with E-state index in [9.17, 15) is 17.6 Å². The molecule has 0 fully saturated rings. The Kier molecular flexibility index (Phi) is 5.91. The van der Waals surface area contributed by atoms with Crippen molar-refractivity contribution in [2.45, 2.75) is 11.4 Å². The number of hydrogen-bond acceptors (Lipinski definition) is 6. The molecule has 4 N–H and O–H groups in total. The molecule has 0 saturated carbocycles. The summed E-state index contributed by atoms with van der Waals surface area (Å²) in [6.45, 7) is -0.0294. The van der Waals surface area contributed by atoms with Crippen molar-refractivity contribution in [1.29, 1.82) is 0 Å². The zero-order valence-electron chi connectivity index (χ0n) is 17.3. The molecule has 3 aromatic carbocycles. The molecule has 1 heterocycles. The van der Waals surface area contributed by atoms with Crippen molar-refractivity contribution in [1.82, 2.24) is 4.31 Å². The maximum atomic E-state index is 13.4. The molecular weight excluding hydrogens is 467 g/mol. The Morgan fingerprint density at radius 3 is 2.58 bits per heavy atom. The summed E-state index contributed by atoms with van der Waals surface area (Å²) in [6.07, 6.45) is 0. The van der Waals surface area contributed by atoms with Gasteiger partial charge < -0.3 is 21.1 Å². The van der Waals surface area contributed by atoms with Crippen LogP contribution in [-0.4, -0.2) is 30.9 Å². The number of nitrogens with one attached hydrogen (secondary N) is 2. The average molecular weight is 487 g/mol. The van der Waals surface area contributed by atoms with Crippen LogP contribution in [0.4, 0.5) is 21.5 Å². The van der Waals surface area contributed by atoms with Crippen molar-refractivity contribution in [3.05, 3.63) is 77.6 Å². The fraction of sp³-hybridized carbons (Fsp3) is 0.0909. The summed E-state index contributed by atoms with van der Waals surface area (Å²) in [5.41, 5.74) is 7.41. The molecule has 0 aliphatic carbocycles. The number of halogens is 1. The molecule has 33 heavy (non-hydrogen) atoms. The van der Waals surface area contributed by atoms with Gasteiger partial charge >= 0.3 is 0 Å². The Bertz CT molecular complexity index is 1360. The molecule has 0 unspecified atom stereocenters. The molecule has 0 aromatic heterocycles. The predicted octanol–water partition coefficient (Wildman–Crippen LogP) is 3.57. The second-order valence-corrected chi connectivity index (χ2v) is 9.40. The molecule has 3 aromatic rings. The minimum atomic E-state index is -3.89. The predicted molar refractivity (Wildman–Crippen MR) is 127 cm³/mol. The van der Waals surface area contributed by atoms with Crippen LogP contribution >= 0.6 is 12.2 Å². The van der Waals surface area contributed by atoms with E-state index in [2.05, 4.69) is 10.6 Å². The zero-order valence-corrected chi connectivity index (χ0v) is 19.0. The lowest BCUT2D eigenvalue weighted by molar-refractivity contribution is 0.102. The Morgan fingerprint density at radius 1 is 1.15 bits per heavy atom. The van der Waals surface area contributed by atoms with Crippen LogP contribution in [0.3, 0.4) is 0 Å². The number of hydrogen-bond donors (Lipinski definition) is 3. The Hall–Kier alpha value is -3.70. The van der Waals surface area contributed by atoms with E-state index < -0.39 is 21.7 Å². The largest absolute Gasteiger partial charge is 0.497 e. The van der Waals surface area contributed by atoms with Gasteiger partial charge in [-0.3, -0.25) is 4.79 Å². The molecule has 170 valence electrons. The number of anilines is 3. The summed E-state index contributed by atoms with van der Waals surface area (Å²) >= 11 is 5.28. The highest BCUT2D eigenvalue weighted by atomic mass is 32.2. The van der Waals surface area contributed by atoms with E-state index in [0.717, 1.165) is 10.4 Å². The van der Waals surface area contributed by atoms with Crippen LogP contribution in [0.25, 0.3) is 0 Å². The van der Waals surface area contributed by atoms with Crippen LogP contribution in [0.5, 0.6) is 5.75 Å². The highest BCUT2D eigenvalue weighted by Gasteiger charge is 2.34. The molecule has 8 nitrogen and oxygen atoms in total. The number of benzene rings is 3. The number of carbonyl (C=O) groups excluding carboxylic acids is 1. The van der Waals surface area contributed by atoms with Gasteiger partial charge in [0, 0.05) is 11.6 Å². The van der Waals surface area contributed by atoms with Crippen molar-refractivity contribution in [2.75, 3.05) is 23.5 Å². The van der Waals surface area contributed by atoms with Gasteiger partial charge in [0.1, 0.15) is 16.5 Å². The lowest BCUT2D eigenvalue weighted by atomic mass is 10.1. The maximum Gasteiger partial charge on any atom is 0.268 e. The van der Waals surface area contributed by atoms with Gasteiger partial charge in [0.15, 0.2) is 5.11 Å². The molecule has 4 rings (SSSR count). The standard InChI is InChI=1S/C22H19FN4O4S2/c1-31-16-7-9-20-19(11-16)26-22(32)27(33(20,29)30)12-13-2-4-14(5-3-13)21(28)25-18-10-15(23)6-8-17(18)24/h2-11H,12,24H2,1H3,(H,25,28)(H,26,32). The summed E-state index contributed by atoms with van der Waals surface area (Å²) in [7, 11) is -2.40. The van der Waals surface area contributed by atoms with E-state index in [1.165, 1.54) is 37.4 Å². The number of carbonyl (C=O) groups is 1. The second kappa shape index (κ2) is 8.68. The van der Waals surface area contributed by atoms with E-state index in [1.807, 2.05) is 0 Å². The average Bonchev–Trinajstić information content (AvgIpc) is 2.79. The number of sulfonamides is 1. The minimum Gasteiger partial charge on any atom is -0.497 e. The van der Waals surface area contributed by atoms with Gasteiger partial charge in [-0.15, -0.1) is 0 Å². The van der Waals surface area contributed by atoms with Crippen molar-refractivity contribution in [2.24, 2.45) is 0 Å².